The summed E-state index contributed by atoms with van der Waals surface area (Å²) in [4.78, 5) is 36.9. The SMILES string of the molecule is CCOC(=O)c1c(C(=O)c2cc(OCOC)ccc2[N+](=O)[O-])nnn1Cc1ccc(OC)cc1. The van der Waals surface area contributed by atoms with E-state index in [2.05, 4.69) is 10.3 Å². The van der Waals surface area contributed by atoms with E-state index >= 15 is 0 Å². The lowest BCUT2D eigenvalue weighted by atomic mass is 10.0. The first-order valence-corrected chi connectivity index (χ1v) is 10.1. The number of ether oxygens (including phenoxy) is 4. The predicted molar refractivity (Wildman–Crippen MR) is 117 cm³/mol. The van der Waals surface area contributed by atoms with Gasteiger partial charge in [0.2, 0.25) is 5.78 Å². The quantitative estimate of drug-likeness (QED) is 0.135. The van der Waals surface area contributed by atoms with Gasteiger partial charge in [-0.05, 0) is 36.8 Å². The molecule has 0 amide bonds. The average Bonchev–Trinajstić information content (AvgIpc) is 3.26. The highest BCUT2D eigenvalue weighted by molar-refractivity contribution is 6.14. The van der Waals surface area contributed by atoms with Gasteiger partial charge in [0.25, 0.3) is 5.69 Å². The molecule has 0 bridgehead atoms. The van der Waals surface area contributed by atoms with E-state index in [1.165, 1.54) is 31.0 Å². The van der Waals surface area contributed by atoms with Crippen molar-refractivity contribution >= 4 is 17.4 Å². The Morgan fingerprint density at radius 3 is 2.41 bits per heavy atom. The molecule has 3 rings (SSSR count). The van der Waals surface area contributed by atoms with E-state index in [9.17, 15) is 19.7 Å². The predicted octanol–water partition coefficient (Wildman–Crippen LogP) is 2.63. The smallest absolute Gasteiger partial charge is 0.359 e. The van der Waals surface area contributed by atoms with Crippen LogP contribution >= 0.6 is 0 Å². The molecule has 0 saturated carbocycles. The van der Waals surface area contributed by atoms with E-state index in [1.54, 1.807) is 31.2 Å². The fraction of sp³-hybridized carbons (Fsp3) is 0.273. The Kier molecular flexibility index (Phi) is 7.88. The lowest BCUT2D eigenvalue weighted by Gasteiger charge is -2.09. The highest BCUT2D eigenvalue weighted by atomic mass is 16.7. The first-order chi connectivity index (χ1) is 16.4. The van der Waals surface area contributed by atoms with Gasteiger partial charge in [-0.15, -0.1) is 5.10 Å². The molecule has 0 aliphatic carbocycles. The molecule has 0 aliphatic heterocycles. The van der Waals surface area contributed by atoms with E-state index in [0.29, 0.717) is 5.75 Å². The molecule has 0 radical (unpaired) electrons. The van der Waals surface area contributed by atoms with E-state index in [-0.39, 0.29) is 42.6 Å². The van der Waals surface area contributed by atoms with E-state index in [1.807, 2.05) is 0 Å². The Balaban J connectivity index is 2.05. The van der Waals surface area contributed by atoms with Gasteiger partial charge >= 0.3 is 5.97 Å². The van der Waals surface area contributed by atoms with Crippen molar-refractivity contribution in [2.24, 2.45) is 0 Å². The molecule has 0 saturated heterocycles. The van der Waals surface area contributed by atoms with Gasteiger partial charge in [-0.2, -0.15) is 0 Å². The summed E-state index contributed by atoms with van der Waals surface area (Å²) in [6.45, 7) is 1.62. The van der Waals surface area contributed by atoms with Crippen molar-refractivity contribution in [1.82, 2.24) is 15.0 Å². The van der Waals surface area contributed by atoms with Crippen molar-refractivity contribution in [1.29, 1.82) is 0 Å². The fourth-order valence-corrected chi connectivity index (χ4v) is 3.08. The van der Waals surface area contributed by atoms with Gasteiger partial charge in [-0.1, -0.05) is 17.3 Å². The second-order valence-corrected chi connectivity index (χ2v) is 6.83. The van der Waals surface area contributed by atoms with Crippen LogP contribution in [0.25, 0.3) is 0 Å². The summed E-state index contributed by atoms with van der Waals surface area (Å²) in [6.07, 6.45) is 0. The number of nitro benzene ring substituents is 1. The summed E-state index contributed by atoms with van der Waals surface area (Å²) in [7, 11) is 2.95. The molecule has 0 atom stereocenters. The summed E-state index contributed by atoms with van der Waals surface area (Å²) in [6, 6.07) is 10.6. The second kappa shape index (κ2) is 11.0. The number of carbonyl (C=O) groups excluding carboxylic acids is 2. The average molecular weight is 470 g/mol. The lowest BCUT2D eigenvalue weighted by molar-refractivity contribution is -0.385. The summed E-state index contributed by atoms with van der Waals surface area (Å²) < 4.78 is 21.6. The van der Waals surface area contributed by atoms with Gasteiger partial charge < -0.3 is 18.9 Å². The molecular formula is C22H22N4O8. The van der Waals surface area contributed by atoms with Crippen molar-refractivity contribution in [3.8, 4) is 11.5 Å². The Morgan fingerprint density at radius 1 is 1.09 bits per heavy atom. The van der Waals surface area contributed by atoms with Crippen LogP contribution in [0.4, 0.5) is 5.69 Å². The lowest BCUT2D eigenvalue weighted by Crippen LogP contribution is -2.18. The first kappa shape index (κ1) is 24.3. The molecule has 0 spiro atoms. The van der Waals surface area contributed by atoms with Crippen LogP contribution in [0.5, 0.6) is 11.5 Å². The first-order valence-electron chi connectivity index (χ1n) is 10.1. The minimum atomic E-state index is -0.876. The number of hydrogen-bond donors (Lipinski definition) is 0. The van der Waals surface area contributed by atoms with Crippen LogP contribution in [0.1, 0.15) is 39.0 Å². The van der Waals surface area contributed by atoms with Crippen molar-refractivity contribution in [3.05, 3.63) is 75.1 Å². The largest absolute Gasteiger partial charge is 0.497 e. The summed E-state index contributed by atoms with van der Waals surface area (Å²) >= 11 is 0. The zero-order chi connectivity index (χ0) is 24.7. The monoisotopic (exact) mass is 470 g/mol. The number of ketones is 1. The van der Waals surface area contributed by atoms with Crippen molar-refractivity contribution in [2.75, 3.05) is 27.6 Å². The maximum absolute atomic E-state index is 13.3. The third-order valence-corrected chi connectivity index (χ3v) is 4.66. The number of methoxy groups -OCH3 is 2. The summed E-state index contributed by atoms with van der Waals surface area (Å²) in [5.74, 6) is -0.900. The highest BCUT2D eigenvalue weighted by Crippen LogP contribution is 2.27. The van der Waals surface area contributed by atoms with Gasteiger partial charge in [-0.25, -0.2) is 9.48 Å². The molecule has 0 fully saturated rings. The molecule has 1 aromatic heterocycles. The van der Waals surface area contributed by atoms with Crippen LogP contribution in [0.2, 0.25) is 0 Å². The molecule has 12 nitrogen and oxygen atoms in total. The normalized spacial score (nSPS) is 10.6. The molecule has 0 aliphatic rings. The Bertz CT molecular complexity index is 1190. The van der Waals surface area contributed by atoms with Gasteiger partial charge in [-0.3, -0.25) is 14.9 Å². The number of nitrogens with zero attached hydrogens (tertiary/aromatic N) is 4. The third kappa shape index (κ3) is 5.35. The molecule has 34 heavy (non-hydrogen) atoms. The zero-order valence-electron chi connectivity index (χ0n) is 18.7. The second-order valence-electron chi connectivity index (χ2n) is 6.83. The van der Waals surface area contributed by atoms with Crippen molar-refractivity contribution < 1.29 is 33.5 Å². The molecule has 178 valence electrons. The standard InChI is InChI=1S/C22H22N4O8/c1-4-33-22(28)20-19(23-24-25(20)12-14-5-7-15(32-3)8-6-14)21(27)17-11-16(34-13-31-2)9-10-18(17)26(29)30/h5-11H,4,12-13H2,1-3H3. The highest BCUT2D eigenvalue weighted by Gasteiger charge is 2.31. The van der Waals surface area contributed by atoms with Gasteiger partial charge in [0.1, 0.15) is 17.1 Å². The van der Waals surface area contributed by atoms with Crippen molar-refractivity contribution in [3.63, 3.8) is 0 Å². The minimum absolute atomic E-state index is 0.0423. The number of esters is 1. The van der Waals surface area contributed by atoms with E-state index in [0.717, 1.165) is 11.6 Å². The number of hydrogen-bond acceptors (Lipinski definition) is 10. The Hall–Kier alpha value is -4.32. The Labute approximate surface area is 194 Å². The molecule has 12 heteroatoms. The molecule has 0 unspecified atom stereocenters. The number of benzene rings is 2. The number of carbonyl (C=O) groups is 2. The number of aromatic nitrogens is 3. The topological polar surface area (TPSA) is 145 Å². The summed E-state index contributed by atoms with van der Waals surface area (Å²) in [5.41, 5.74) is -0.648. The van der Waals surface area contributed by atoms with Gasteiger partial charge in [0.15, 0.2) is 18.2 Å². The molecule has 3 aromatic rings. The molecule has 0 N–H and O–H groups in total. The zero-order valence-corrected chi connectivity index (χ0v) is 18.7. The molecule has 2 aromatic carbocycles. The maximum atomic E-state index is 13.3. The van der Waals surface area contributed by atoms with Crippen LogP contribution < -0.4 is 9.47 Å². The van der Waals surface area contributed by atoms with Gasteiger partial charge in [0, 0.05) is 13.2 Å². The minimum Gasteiger partial charge on any atom is -0.497 e. The van der Waals surface area contributed by atoms with E-state index in [4.69, 9.17) is 18.9 Å². The van der Waals surface area contributed by atoms with Crippen molar-refractivity contribution in [2.45, 2.75) is 13.5 Å². The van der Waals surface area contributed by atoms with Crippen LogP contribution in [-0.4, -0.2) is 59.3 Å². The number of nitro groups is 1. The maximum Gasteiger partial charge on any atom is 0.359 e. The van der Waals surface area contributed by atoms with E-state index < -0.39 is 22.4 Å². The van der Waals surface area contributed by atoms with Crippen LogP contribution in [0.15, 0.2) is 42.5 Å². The van der Waals surface area contributed by atoms with Gasteiger partial charge in [0.05, 0.1) is 25.2 Å². The Morgan fingerprint density at radius 2 is 1.79 bits per heavy atom. The summed E-state index contributed by atoms with van der Waals surface area (Å²) in [5, 5.41) is 19.4. The van der Waals surface area contributed by atoms with Crippen LogP contribution in [-0.2, 0) is 16.0 Å². The van der Waals surface area contributed by atoms with Crippen LogP contribution in [0.3, 0.4) is 0 Å². The molecule has 1 heterocycles. The fourth-order valence-electron chi connectivity index (χ4n) is 3.08. The third-order valence-electron chi connectivity index (χ3n) is 4.66. The molecular weight excluding hydrogens is 448 g/mol. The number of rotatable bonds is 11. The van der Waals surface area contributed by atoms with Crippen LogP contribution in [0, 0.1) is 10.1 Å².